The highest BCUT2D eigenvalue weighted by molar-refractivity contribution is 5.79. The normalized spacial score (nSPS) is 15.0. The first-order chi connectivity index (χ1) is 16.7. The Balaban J connectivity index is 1.38. The van der Waals surface area contributed by atoms with Gasteiger partial charge in [0.05, 0.1) is 18.3 Å². The van der Waals surface area contributed by atoms with Gasteiger partial charge in [-0.3, -0.25) is 9.88 Å². The number of hydrogen-bond acceptors (Lipinski definition) is 7. The number of fused-ring (bicyclic) bond motifs is 1. The maximum atomic E-state index is 6.01. The average Bonchev–Trinajstić information content (AvgIpc) is 3.33. The Bertz CT molecular complexity index is 1230. The standard InChI is InChI=1S/C27H31N5O2/c1-30-11-13-31(14-12-30)19-24-20-34-27(29-24)32(17-21-5-3-7-25(16-21)33-2)18-22-8-9-26-23(15-22)6-4-10-28-26/h3-10,15-16,20H,11-14,17-19H2,1-2H3. The van der Waals surface area contributed by atoms with Gasteiger partial charge in [0.25, 0.3) is 6.01 Å². The molecule has 7 nitrogen and oxygen atoms in total. The fourth-order valence-electron chi connectivity index (χ4n) is 4.38. The van der Waals surface area contributed by atoms with Gasteiger partial charge in [-0.05, 0) is 48.5 Å². The average molecular weight is 458 g/mol. The Kier molecular flexibility index (Phi) is 6.74. The van der Waals surface area contributed by atoms with Crippen LogP contribution in [0.3, 0.4) is 0 Å². The van der Waals surface area contributed by atoms with Crippen molar-refractivity contribution in [1.82, 2.24) is 19.8 Å². The summed E-state index contributed by atoms with van der Waals surface area (Å²) in [5.74, 6) is 0.845. The zero-order valence-corrected chi connectivity index (χ0v) is 19.9. The summed E-state index contributed by atoms with van der Waals surface area (Å²) in [6.07, 6.45) is 3.63. The Morgan fingerprint density at radius 2 is 1.79 bits per heavy atom. The van der Waals surface area contributed by atoms with Crippen LogP contribution in [0.2, 0.25) is 0 Å². The quantitative estimate of drug-likeness (QED) is 0.393. The third-order valence-corrected chi connectivity index (χ3v) is 6.34. The third-order valence-electron chi connectivity index (χ3n) is 6.34. The molecule has 4 aromatic rings. The van der Waals surface area contributed by atoms with Crippen LogP contribution in [0.5, 0.6) is 5.75 Å². The maximum Gasteiger partial charge on any atom is 0.298 e. The Labute approximate surface area is 200 Å². The minimum Gasteiger partial charge on any atom is -0.497 e. The Hall–Kier alpha value is -3.42. The summed E-state index contributed by atoms with van der Waals surface area (Å²) in [6.45, 7) is 6.43. The molecule has 1 aliphatic rings. The number of pyridine rings is 1. The van der Waals surface area contributed by atoms with Crippen LogP contribution in [0.1, 0.15) is 16.8 Å². The van der Waals surface area contributed by atoms with Crippen LogP contribution in [0, 0.1) is 0 Å². The van der Waals surface area contributed by atoms with E-state index < -0.39 is 0 Å². The van der Waals surface area contributed by atoms with E-state index in [0.717, 1.165) is 60.6 Å². The lowest BCUT2D eigenvalue weighted by atomic mass is 10.1. The van der Waals surface area contributed by atoms with Crippen molar-refractivity contribution in [1.29, 1.82) is 0 Å². The Morgan fingerprint density at radius 3 is 2.62 bits per heavy atom. The molecule has 34 heavy (non-hydrogen) atoms. The number of benzene rings is 2. The molecule has 0 bridgehead atoms. The van der Waals surface area contributed by atoms with Gasteiger partial charge in [0, 0.05) is 57.4 Å². The molecule has 176 valence electrons. The van der Waals surface area contributed by atoms with Gasteiger partial charge in [-0.15, -0.1) is 0 Å². The topological polar surface area (TPSA) is 57.9 Å². The summed E-state index contributed by atoms with van der Waals surface area (Å²) in [6, 6.07) is 19.2. The van der Waals surface area contributed by atoms with Crippen LogP contribution in [-0.2, 0) is 19.6 Å². The van der Waals surface area contributed by atoms with E-state index in [-0.39, 0.29) is 0 Å². The van der Waals surface area contributed by atoms with Crippen molar-refractivity contribution in [3.63, 3.8) is 0 Å². The number of hydrogen-bond donors (Lipinski definition) is 0. The van der Waals surface area contributed by atoms with E-state index in [1.54, 1.807) is 13.4 Å². The Morgan fingerprint density at radius 1 is 0.971 bits per heavy atom. The van der Waals surface area contributed by atoms with Gasteiger partial charge < -0.3 is 19.0 Å². The predicted octanol–water partition coefficient (Wildman–Crippen LogP) is 4.19. The first-order valence-electron chi connectivity index (χ1n) is 11.7. The van der Waals surface area contributed by atoms with Crippen LogP contribution in [0.15, 0.2) is 71.5 Å². The monoisotopic (exact) mass is 457 g/mol. The molecular formula is C27H31N5O2. The summed E-state index contributed by atoms with van der Waals surface area (Å²) in [5.41, 5.74) is 4.29. The molecule has 5 rings (SSSR count). The summed E-state index contributed by atoms with van der Waals surface area (Å²) in [4.78, 5) is 16.3. The van der Waals surface area contributed by atoms with Gasteiger partial charge in [-0.25, -0.2) is 0 Å². The smallest absolute Gasteiger partial charge is 0.298 e. The molecule has 1 aliphatic heterocycles. The molecule has 0 amide bonds. The number of piperazine rings is 1. The van der Waals surface area contributed by atoms with Crippen molar-refractivity contribution in [3.8, 4) is 5.75 Å². The maximum absolute atomic E-state index is 6.01. The fourth-order valence-corrected chi connectivity index (χ4v) is 4.38. The number of rotatable bonds is 8. The molecule has 0 saturated carbocycles. The summed E-state index contributed by atoms with van der Waals surface area (Å²) < 4.78 is 11.4. The number of nitrogens with zero attached hydrogens (tertiary/aromatic N) is 5. The second-order valence-electron chi connectivity index (χ2n) is 8.94. The molecule has 2 aromatic heterocycles. The van der Waals surface area contributed by atoms with Crippen LogP contribution in [-0.4, -0.2) is 60.1 Å². The predicted molar refractivity (Wildman–Crippen MR) is 134 cm³/mol. The highest BCUT2D eigenvalue weighted by Gasteiger charge is 2.19. The van der Waals surface area contributed by atoms with Crippen LogP contribution in [0.4, 0.5) is 6.01 Å². The zero-order chi connectivity index (χ0) is 23.3. The van der Waals surface area contributed by atoms with Gasteiger partial charge in [-0.2, -0.15) is 4.98 Å². The first-order valence-corrected chi connectivity index (χ1v) is 11.7. The minimum atomic E-state index is 0.637. The van der Waals surface area contributed by atoms with E-state index in [0.29, 0.717) is 19.1 Å². The summed E-state index contributed by atoms with van der Waals surface area (Å²) in [7, 11) is 3.86. The van der Waals surface area contributed by atoms with E-state index in [2.05, 4.69) is 63.1 Å². The molecule has 7 heteroatoms. The molecule has 1 fully saturated rings. The first kappa shape index (κ1) is 22.4. The zero-order valence-electron chi connectivity index (χ0n) is 19.9. The molecule has 0 radical (unpaired) electrons. The SMILES string of the molecule is COc1cccc(CN(Cc2ccc3ncccc3c2)c2nc(CN3CCN(C)CC3)co2)c1. The molecule has 1 saturated heterocycles. The number of aromatic nitrogens is 2. The number of methoxy groups -OCH3 is 1. The van der Waals surface area contributed by atoms with Crippen LogP contribution < -0.4 is 9.64 Å². The highest BCUT2D eigenvalue weighted by Crippen LogP contribution is 2.24. The highest BCUT2D eigenvalue weighted by atomic mass is 16.5. The van der Waals surface area contributed by atoms with Crippen LogP contribution >= 0.6 is 0 Å². The molecule has 2 aromatic carbocycles. The molecule has 0 unspecified atom stereocenters. The molecule has 0 N–H and O–H groups in total. The van der Waals surface area contributed by atoms with E-state index in [9.17, 15) is 0 Å². The number of oxazole rings is 1. The lowest BCUT2D eigenvalue weighted by Crippen LogP contribution is -2.43. The van der Waals surface area contributed by atoms with Crippen molar-refractivity contribution in [3.05, 3.63) is 83.9 Å². The van der Waals surface area contributed by atoms with Crippen molar-refractivity contribution < 1.29 is 9.15 Å². The minimum absolute atomic E-state index is 0.637. The van der Waals surface area contributed by atoms with E-state index >= 15 is 0 Å². The molecule has 0 atom stereocenters. The summed E-state index contributed by atoms with van der Waals surface area (Å²) >= 11 is 0. The fraction of sp³-hybridized carbons (Fsp3) is 0.333. The lowest BCUT2D eigenvalue weighted by molar-refractivity contribution is 0.147. The van der Waals surface area contributed by atoms with Crippen molar-refractivity contribution in [2.24, 2.45) is 0 Å². The van der Waals surface area contributed by atoms with Crippen molar-refractivity contribution in [2.75, 3.05) is 45.2 Å². The van der Waals surface area contributed by atoms with E-state index in [1.807, 2.05) is 24.4 Å². The second kappa shape index (κ2) is 10.2. The van der Waals surface area contributed by atoms with Gasteiger partial charge in [0.15, 0.2) is 0 Å². The molecular weight excluding hydrogens is 426 g/mol. The van der Waals surface area contributed by atoms with Crippen LogP contribution in [0.25, 0.3) is 10.9 Å². The van der Waals surface area contributed by atoms with E-state index in [4.69, 9.17) is 14.1 Å². The van der Waals surface area contributed by atoms with Gasteiger partial charge in [0.1, 0.15) is 12.0 Å². The molecule has 0 spiro atoms. The van der Waals surface area contributed by atoms with E-state index in [1.165, 1.54) is 5.56 Å². The van der Waals surface area contributed by atoms with Gasteiger partial charge >= 0.3 is 0 Å². The number of likely N-dealkylation sites (N-methyl/N-ethyl adjacent to an activating group) is 1. The largest absolute Gasteiger partial charge is 0.497 e. The second-order valence-corrected chi connectivity index (χ2v) is 8.94. The molecule has 3 heterocycles. The van der Waals surface area contributed by atoms with Gasteiger partial charge in [-0.1, -0.05) is 24.3 Å². The van der Waals surface area contributed by atoms with Crippen molar-refractivity contribution >= 4 is 16.9 Å². The lowest BCUT2D eigenvalue weighted by Gasteiger charge is -2.31. The van der Waals surface area contributed by atoms with Crippen molar-refractivity contribution in [2.45, 2.75) is 19.6 Å². The number of anilines is 1. The number of ether oxygens (including phenoxy) is 1. The third kappa shape index (κ3) is 5.38. The molecule has 0 aliphatic carbocycles. The summed E-state index contributed by atoms with van der Waals surface area (Å²) in [5, 5.41) is 1.13. The van der Waals surface area contributed by atoms with Gasteiger partial charge in [0.2, 0.25) is 0 Å².